The van der Waals surface area contributed by atoms with Gasteiger partial charge < -0.3 is 49.8 Å². The second-order valence-electron chi connectivity index (χ2n) is 14.0. The molecule has 57 heavy (non-hydrogen) atoms. The van der Waals surface area contributed by atoms with Crippen LogP contribution in [0.1, 0.15) is 110 Å². The van der Waals surface area contributed by atoms with Crippen molar-refractivity contribution < 1.29 is 65.8 Å². The summed E-state index contributed by atoms with van der Waals surface area (Å²) in [6.45, 7) is 16.8. The van der Waals surface area contributed by atoms with Crippen LogP contribution in [0.5, 0.6) is 11.5 Å². The van der Waals surface area contributed by atoms with Crippen LogP contribution in [0.15, 0.2) is 46.1 Å². The first kappa shape index (κ1) is 49.5. The maximum absolute atomic E-state index is 11.9. The number of ether oxygens (including phenoxy) is 5. The van der Waals surface area contributed by atoms with Gasteiger partial charge in [-0.2, -0.15) is 4.98 Å². The first-order valence-electron chi connectivity index (χ1n) is 17.7. The number of carbonyl (C=O) groups is 4. The van der Waals surface area contributed by atoms with Crippen molar-refractivity contribution in [2.24, 2.45) is 10.9 Å². The number of rotatable bonds is 7. The molecule has 3 heterocycles. The molecule has 0 aliphatic carbocycles. The average Bonchev–Trinajstić information content (AvgIpc) is 3.89. The number of nitrogens with zero attached hydrogens (tertiary/aromatic N) is 3. The van der Waals surface area contributed by atoms with E-state index in [4.69, 9.17) is 34.4 Å². The number of nitrogens with two attached hydrogens (primary N) is 1. The molecule has 2 atom stereocenters. The van der Waals surface area contributed by atoms with Crippen LogP contribution in [0.2, 0.25) is 0 Å². The molecule has 0 fully saturated rings. The third-order valence-corrected chi connectivity index (χ3v) is 7.21. The summed E-state index contributed by atoms with van der Waals surface area (Å²) in [4.78, 5) is 48.7. The third-order valence-electron chi connectivity index (χ3n) is 7.21. The molecule has 17 nitrogen and oxygen atoms in total. The fraction of sp³-hybridized carbons (Fsp3) is 0.486. The Morgan fingerprint density at radius 2 is 1.33 bits per heavy atom. The van der Waals surface area contributed by atoms with Gasteiger partial charge in [0.1, 0.15) is 35.9 Å². The zero-order chi connectivity index (χ0) is 42.9. The third kappa shape index (κ3) is 17.4. The Morgan fingerprint density at radius 1 is 0.860 bits per heavy atom. The summed E-state index contributed by atoms with van der Waals surface area (Å²) in [5.74, 6) is 1.52. The number of hydrogen-bond acceptors (Lipinski definition) is 14. The van der Waals surface area contributed by atoms with Crippen molar-refractivity contribution in [2.45, 2.75) is 105 Å². The van der Waals surface area contributed by atoms with Crippen molar-refractivity contribution in [1.29, 1.82) is 0 Å². The number of carbonyl (C=O) groups excluding carboxylic acids is 4. The number of oxime groups is 1. The van der Waals surface area contributed by atoms with Gasteiger partial charge in [0.2, 0.25) is 11.7 Å². The van der Waals surface area contributed by atoms with E-state index in [9.17, 15) is 19.2 Å². The van der Waals surface area contributed by atoms with Crippen molar-refractivity contribution in [1.82, 2.24) is 20.8 Å². The van der Waals surface area contributed by atoms with Crippen molar-refractivity contribution in [3.63, 3.8) is 0 Å². The quantitative estimate of drug-likeness (QED) is 0.0369. The number of alkyl carbamates (subject to hydrolysis) is 2. The molecule has 2 aliphatic heterocycles. The van der Waals surface area contributed by atoms with Crippen molar-refractivity contribution >= 4 is 67.2 Å². The van der Waals surface area contributed by atoms with E-state index in [1.54, 1.807) is 52.8 Å². The Bertz CT molecular complexity index is 1830. The Balaban J connectivity index is 0.000000310. The molecule has 316 valence electrons. The zero-order valence-corrected chi connectivity index (χ0v) is 39.7. The van der Waals surface area contributed by atoms with Crippen LogP contribution in [0, 0.1) is 0 Å². The molecule has 1 aromatic heterocycles. The first-order valence-corrected chi connectivity index (χ1v) is 30.3. The van der Waals surface area contributed by atoms with Crippen LogP contribution in [0.4, 0.5) is 9.59 Å². The van der Waals surface area contributed by atoms with Crippen LogP contribution >= 0.6 is 37.2 Å². The molecule has 2 amide bonds. The summed E-state index contributed by atoms with van der Waals surface area (Å²) < 4.78 is 31.1. The normalized spacial score (nSPS) is 15.2. The first-order chi connectivity index (χ1) is 26.8. The molecule has 20 heteroatoms. The van der Waals surface area contributed by atoms with Gasteiger partial charge in [-0.25, -0.2) is 9.59 Å². The molecule has 0 saturated heterocycles. The van der Waals surface area contributed by atoms with Gasteiger partial charge in [0.15, 0.2) is 5.84 Å². The summed E-state index contributed by atoms with van der Waals surface area (Å²) >= 11 is 5.30. The number of amides is 2. The average molecular weight is 1140 g/mol. The zero-order valence-electron chi connectivity index (χ0n) is 33.2. The summed E-state index contributed by atoms with van der Waals surface area (Å²) in [6.07, 6.45) is 0.247. The standard InChI is InChI=1S/C17H21N3O4.C14H19N3O4.C6H10O3.I3/c1-5-14-19-15(20-24-14)10-6-7-11-12(9-22-13(11)8-10)18-16(21)23-17(2,3)4;1-14(2,3)21-13(18)16-10-7-20-11-6-8(12(15)17-19)4-5-9(10)11;1-3-5(7)9-6(8)4-2;1-3-2/h6-8,12H,5,9H2,1-4H3,(H,18,21);4-6,10,19H,7H2,1-3H3,(H2,15,17)(H,16,18);3-4H2,1-2H3;/q;;;-1. The van der Waals surface area contributed by atoms with Gasteiger partial charge in [0.05, 0.1) is 12.1 Å². The van der Waals surface area contributed by atoms with Gasteiger partial charge in [-0.3, -0.25) is 9.59 Å². The number of hydrogen-bond donors (Lipinski definition) is 4. The molecule has 0 radical (unpaired) electrons. The topological polar surface area (TPSA) is 236 Å². The predicted octanol–water partition coefficient (Wildman–Crippen LogP) is 4.65. The molecule has 5 rings (SSSR count). The Morgan fingerprint density at radius 3 is 1.75 bits per heavy atom. The predicted molar refractivity (Wildman–Crippen MR) is 223 cm³/mol. The van der Waals surface area contributed by atoms with E-state index >= 15 is 0 Å². The molecule has 2 aliphatic rings. The molecule has 0 saturated carbocycles. The van der Waals surface area contributed by atoms with E-state index < -0.39 is 35.3 Å². The monoisotopic (exact) mass is 1140 g/mol. The molecule has 2 unspecified atom stereocenters. The van der Waals surface area contributed by atoms with Crippen LogP contribution in [0.3, 0.4) is 0 Å². The maximum atomic E-state index is 11.9. The van der Waals surface area contributed by atoms with Crippen LogP contribution in [0.25, 0.3) is 11.4 Å². The van der Waals surface area contributed by atoms with Crippen molar-refractivity contribution in [3.05, 3.63) is 59.0 Å². The number of nitrogens with one attached hydrogen (secondary N) is 2. The van der Waals surface area contributed by atoms with Gasteiger partial charge in [0.25, 0.3) is 0 Å². The number of aryl methyl sites for hydroxylation is 1. The van der Waals surface area contributed by atoms with Gasteiger partial charge in [-0.1, -0.05) is 55.3 Å². The van der Waals surface area contributed by atoms with Crippen LogP contribution in [-0.2, 0) is 30.2 Å². The Labute approximate surface area is 361 Å². The number of aromatic nitrogens is 2. The molecule has 2 aromatic carbocycles. The summed E-state index contributed by atoms with van der Waals surface area (Å²) in [5, 5.41) is 21.1. The van der Waals surface area contributed by atoms with E-state index in [1.807, 2.05) is 45.9 Å². The van der Waals surface area contributed by atoms with Crippen LogP contribution in [-0.4, -0.2) is 69.7 Å². The molecule has 0 bridgehead atoms. The second kappa shape index (κ2) is 23.7. The summed E-state index contributed by atoms with van der Waals surface area (Å²) in [6, 6.07) is 10.3. The van der Waals surface area contributed by atoms with E-state index in [0.717, 1.165) is 16.7 Å². The molecule has 5 N–H and O–H groups in total. The van der Waals surface area contributed by atoms with E-state index in [-0.39, 0.29) is 30.8 Å². The van der Waals surface area contributed by atoms with Crippen molar-refractivity contribution in [2.75, 3.05) is 13.2 Å². The Kier molecular flexibility index (Phi) is 20.5. The molecular formula is C37H50I3N6O11-. The summed E-state index contributed by atoms with van der Waals surface area (Å²) in [5.41, 5.74) is 7.54. The van der Waals surface area contributed by atoms with Gasteiger partial charge in [-0.15, -0.1) is 0 Å². The minimum atomic E-state index is -0.553. The van der Waals surface area contributed by atoms with E-state index in [2.05, 4.69) is 67.9 Å². The van der Waals surface area contributed by atoms with Crippen molar-refractivity contribution in [3.8, 4) is 22.9 Å². The van der Waals surface area contributed by atoms with Gasteiger partial charge in [0, 0.05) is 41.5 Å². The van der Waals surface area contributed by atoms with E-state index in [0.29, 0.717) is 61.7 Å². The molecular weight excluding hydrogens is 1090 g/mol. The second-order valence-corrected chi connectivity index (χ2v) is 30.2. The number of esters is 2. The van der Waals surface area contributed by atoms with Gasteiger partial charge >= 0.3 is 74.6 Å². The van der Waals surface area contributed by atoms with E-state index in [1.165, 1.54) is 0 Å². The minimum absolute atomic E-state index is 0.00458. The Hall–Kier alpha value is -3.68. The van der Waals surface area contributed by atoms with Crippen LogP contribution < -0.4 is 39.1 Å². The van der Waals surface area contributed by atoms with Gasteiger partial charge in [-0.05, 0) is 53.7 Å². The fourth-order valence-corrected chi connectivity index (χ4v) is 4.70. The molecule has 3 aromatic rings. The number of amidine groups is 1. The number of benzene rings is 2. The molecule has 0 spiro atoms. The fourth-order valence-electron chi connectivity index (χ4n) is 4.70. The number of halogens is 3. The summed E-state index contributed by atoms with van der Waals surface area (Å²) in [7, 11) is 0. The SMILES string of the molecule is CC(C)(C)OC(=O)NC1COc2cc(C(N)=NO)ccc21.CCC(=O)OC(=O)CC.CCc1nc(-c2ccc3c(c2)OCC3NC(=O)OC(C)(C)C)no1.I[I-]I. The number of fused-ring (bicyclic) bond motifs is 2.